The maximum atomic E-state index is 12.5. The minimum atomic E-state index is -2.88. The maximum Gasteiger partial charge on any atom is 0.314 e. The van der Waals surface area contributed by atoms with Gasteiger partial charge in [0.15, 0.2) is 0 Å². The van der Waals surface area contributed by atoms with Crippen LogP contribution in [0.2, 0.25) is 5.02 Å². The van der Waals surface area contributed by atoms with E-state index in [0.29, 0.717) is 10.7 Å². The minimum Gasteiger partial charge on any atom is -0.434 e. The number of aromatic nitrogens is 3. The van der Waals surface area contributed by atoms with Gasteiger partial charge in [0.1, 0.15) is 6.54 Å². The molecule has 7 nitrogen and oxygen atoms in total. The Morgan fingerprint density at radius 1 is 1.31 bits per heavy atom. The molecule has 1 amide bonds. The van der Waals surface area contributed by atoms with Crippen LogP contribution in [0.15, 0.2) is 39.3 Å². The summed E-state index contributed by atoms with van der Waals surface area (Å²) in [5.41, 5.74) is 0.585. The fourth-order valence-corrected chi connectivity index (χ4v) is 2.38. The first-order valence-corrected chi connectivity index (χ1v) is 7.98. The van der Waals surface area contributed by atoms with Gasteiger partial charge in [-0.15, -0.1) is 10.2 Å². The van der Waals surface area contributed by atoms with E-state index in [1.54, 1.807) is 31.2 Å². The molecule has 0 spiro atoms. The summed E-state index contributed by atoms with van der Waals surface area (Å²) < 4.78 is 35.3. The molecule has 0 aliphatic heterocycles. The first kappa shape index (κ1) is 18.0. The zero-order valence-corrected chi connectivity index (χ0v) is 14.3. The first-order valence-electron chi connectivity index (χ1n) is 7.60. The highest BCUT2D eigenvalue weighted by atomic mass is 35.5. The second-order valence-corrected chi connectivity index (χ2v) is 5.61. The largest absolute Gasteiger partial charge is 0.434 e. The van der Waals surface area contributed by atoms with Crippen molar-refractivity contribution in [3.63, 3.8) is 0 Å². The second-order valence-electron chi connectivity index (χ2n) is 5.18. The van der Waals surface area contributed by atoms with Crippen LogP contribution in [-0.4, -0.2) is 21.1 Å². The Bertz CT molecular complexity index is 912. The molecule has 0 fully saturated rings. The van der Waals surface area contributed by atoms with Crippen molar-refractivity contribution in [1.29, 1.82) is 0 Å². The van der Waals surface area contributed by atoms with Crippen molar-refractivity contribution in [1.82, 2.24) is 15.2 Å². The first-order chi connectivity index (χ1) is 12.5. The van der Waals surface area contributed by atoms with Crippen LogP contribution in [-0.2, 0) is 11.3 Å². The van der Waals surface area contributed by atoms with Gasteiger partial charge < -0.3 is 13.7 Å². The summed E-state index contributed by atoms with van der Waals surface area (Å²) in [4.78, 5) is 17.8. The summed E-state index contributed by atoms with van der Waals surface area (Å²) in [6.07, 6.45) is -1.34. The third-order valence-electron chi connectivity index (χ3n) is 3.41. The number of carbonyl (C=O) groups is 1. The molecule has 0 N–H and O–H groups in total. The standard InChI is InChI=1S/C16H13ClF2N4O3/c1-2-13(24)23(10-5-3-4-9(17)6-10)8-12-20-7-11(25-12)15-21-22-16(26-15)14(18)19/h3-7,14H,2,8H2,1H3. The Hall–Kier alpha value is -2.81. The SMILES string of the molecule is CCC(=O)N(Cc1ncc(-c2nnc(C(F)F)o2)o1)c1cccc(Cl)c1. The smallest absolute Gasteiger partial charge is 0.314 e. The summed E-state index contributed by atoms with van der Waals surface area (Å²) in [6.45, 7) is 1.76. The quantitative estimate of drug-likeness (QED) is 0.633. The molecular weight excluding hydrogens is 370 g/mol. The lowest BCUT2D eigenvalue weighted by atomic mass is 10.2. The predicted molar refractivity (Wildman–Crippen MR) is 87.7 cm³/mol. The molecule has 0 radical (unpaired) electrons. The van der Waals surface area contributed by atoms with E-state index in [2.05, 4.69) is 15.2 Å². The van der Waals surface area contributed by atoms with Gasteiger partial charge in [0.2, 0.25) is 17.6 Å². The van der Waals surface area contributed by atoms with Gasteiger partial charge in [-0.1, -0.05) is 24.6 Å². The van der Waals surface area contributed by atoms with Crippen LogP contribution in [0.1, 0.15) is 31.6 Å². The summed E-state index contributed by atoms with van der Waals surface area (Å²) in [5, 5.41) is 7.20. The van der Waals surface area contributed by atoms with Gasteiger partial charge in [0.05, 0.1) is 6.20 Å². The topological polar surface area (TPSA) is 85.3 Å². The van der Waals surface area contributed by atoms with E-state index in [1.165, 1.54) is 11.1 Å². The lowest BCUT2D eigenvalue weighted by Gasteiger charge is -2.20. The van der Waals surface area contributed by atoms with Crippen LogP contribution in [0.25, 0.3) is 11.7 Å². The van der Waals surface area contributed by atoms with Gasteiger partial charge in [0, 0.05) is 17.1 Å². The number of hydrogen-bond donors (Lipinski definition) is 0. The van der Waals surface area contributed by atoms with Crippen molar-refractivity contribution in [2.45, 2.75) is 26.3 Å². The minimum absolute atomic E-state index is 0.0306. The van der Waals surface area contributed by atoms with Crippen molar-refractivity contribution in [2.24, 2.45) is 0 Å². The molecule has 0 bridgehead atoms. The Morgan fingerprint density at radius 2 is 2.12 bits per heavy atom. The number of carbonyl (C=O) groups excluding carboxylic acids is 1. The fraction of sp³-hybridized carbons (Fsp3) is 0.250. The molecule has 0 saturated heterocycles. The van der Waals surface area contributed by atoms with Crippen molar-refractivity contribution in [2.75, 3.05) is 4.90 Å². The number of hydrogen-bond acceptors (Lipinski definition) is 6. The van der Waals surface area contributed by atoms with Crippen LogP contribution in [0.5, 0.6) is 0 Å². The molecule has 26 heavy (non-hydrogen) atoms. The maximum absolute atomic E-state index is 12.5. The fourth-order valence-electron chi connectivity index (χ4n) is 2.20. The molecular formula is C16H13ClF2N4O3. The van der Waals surface area contributed by atoms with Crippen molar-refractivity contribution in [3.05, 3.63) is 47.3 Å². The Kier molecular flexibility index (Phi) is 5.27. The molecule has 0 aliphatic carbocycles. The van der Waals surface area contributed by atoms with E-state index >= 15 is 0 Å². The molecule has 0 aliphatic rings. The molecule has 3 aromatic rings. The molecule has 3 rings (SSSR count). The third-order valence-corrected chi connectivity index (χ3v) is 3.64. The number of alkyl halides is 2. The van der Waals surface area contributed by atoms with E-state index < -0.39 is 12.3 Å². The zero-order valence-electron chi connectivity index (χ0n) is 13.5. The Balaban J connectivity index is 1.83. The summed E-state index contributed by atoms with van der Waals surface area (Å²) in [6, 6.07) is 6.79. The molecule has 1 aromatic carbocycles. The van der Waals surface area contributed by atoms with E-state index in [9.17, 15) is 13.6 Å². The number of nitrogens with zero attached hydrogens (tertiary/aromatic N) is 4. The Morgan fingerprint density at radius 3 is 2.77 bits per heavy atom. The molecule has 2 aromatic heterocycles. The van der Waals surface area contributed by atoms with Crippen LogP contribution < -0.4 is 4.90 Å². The number of halogens is 3. The third kappa shape index (κ3) is 3.88. The number of rotatable bonds is 6. The lowest BCUT2D eigenvalue weighted by Crippen LogP contribution is -2.29. The lowest BCUT2D eigenvalue weighted by molar-refractivity contribution is -0.118. The average molecular weight is 383 g/mol. The summed E-state index contributed by atoms with van der Waals surface area (Å²) >= 11 is 5.99. The Labute approximate surface area is 151 Å². The molecule has 2 heterocycles. The number of anilines is 1. The van der Waals surface area contributed by atoms with E-state index in [-0.39, 0.29) is 36.4 Å². The van der Waals surface area contributed by atoms with Gasteiger partial charge in [-0.25, -0.2) is 4.98 Å². The van der Waals surface area contributed by atoms with Crippen molar-refractivity contribution in [3.8, 4) is 11.7 Å². The molecule has 136 valence electrons. The summed E-state index contributed by atoms with van der Waals surface area (Å²) in [7, 11) is 0. The van der Waals surface area contributed by atoms with Crippen LogP contribution in [0.3, 0.4) is 0 Å². The number of amides is 1. The zero-order chi connectivity index (χ0) is 18.7. The van der Waals surface area contributed by atoms with E-state index in [1.807, 2.05) is 0 Å². The highest BCUT2D eigenvalue weighted by Crippen LogP contribution is 2.26. The van der Waals surface area contributed by atoms with Gasteiger partial charge in [-0.2, -0.15) is 8.78 Å². The second kappa shape index (κ2) is 7.61. The molecule has 0 atom stereocenters. The normalized spacial score (nSPS) is 11.1. The van der Waals surface area contributed by atoms with Crippen LogP contribution in [0, 0.1) is 0 Å². The van der Waals surface area contributed by atoms with Crippen molar-refractivity contribution >= 4 is 23.2 Å². The van der Waals surface area contributed by atoms with Crippen LogP contribution >= 0.6 is 11.6 Å². The summed E-state index contributed by atoms with van der Waals surface area (Å²) in [5.74, 6) is -0.965. The average Bonchev–Trinajstić information content (AvgIpc) is 3.28. The number of benzene rings is 1. The van der Waals surface area contributed by atoms with Gasteiger partial charge in [0.25, 0.3) is 11.8 Å². The highest BCUT2D eigenvalue weighted by Gasteiger charge is 2.21. The van der Waals surface area contributed by atoms with Gasteiger partial charge in [-0.3, -0.25) is 4.79 Å². The van der Waals surface area contributed by atoms with E-state index in [4.69, 9.17) is 20.4 Å². The van der Waals surface area contributed by atoms with Gasteiger partial charge >= 0.3 is 6.43 Å². The molecule has 10 heteroatoms. The monoisotopic (exact) mass is 382 g/mol. The van der Waals surface area contributed by atoms with Crippen LogP contribution in [0.4, 0.5) is 14.5 Å². The van der Waals surface area contributed by atoms with Crippen molar-refractivity contribution < 1.29 is 22.4 Å². The van der Waals surface area contributed by atoms with Gasteiger partial charge in [-0.05, 0) is 18.2 Å². The molecule has 0 unspecified atom stereocenters. The molecule has 0 saturated carbocycles. The predicted octanol–water partition coefficient (Wildman–Crippen LogP) is 4.26. The number of oxazole rings is 1. The highest BCUT2D eigenvalue weighted by molar-refractivity contribution is 6.30. The van der Waals surface area contributed by atoms with E-state index in [0.717, 1.165) is 0 Å².